The Bertz CT molecular complexity index is 4080. The van der Waals surface area contributed by atoms with Gasteiger partial charge in [0.15, 0.2) is 17.5 Å². The maximum Gasteiger partial charge on any atom is 0.164 e. The Morgan fingerprint density at radius 3 is 1.65 bits per heavy atom. The first-order valence-corrected chi connectivity index (χ1v) is 24.2. The molecule has 0 spiro atoms. The summed E-state index contributed by atoms with van der Waals surface area (Å²) in [6.45, 7) is 0. The van der Waals surface area contributed by atoms with Gasteiger partial charge in [0.25, 0.3) is 0 Å². The molecule has 322 valence electrons. The molecule has 1 aliphatic carbocycles. The zero-order valence-corrected chi connectivity index (χ0v) is 38.0. The van der Waals surface area contributed by atoms with Gasteiger partial charge in [0.1, 0.15) is 11.2 Å². The van der Waals surface area contributed by atoms with Crippen LogP contribution in [-0.2, 0) is 5.41 Å². The fraction of sp³-hybridized carbons (Fsp3) is 0.0156. The first kappa shape index (κ1) is 39.4. The van der Waals surface area contributed by atoms with Crippen LogP contribution in [-0.4, -0.2) is 15.0 Å². The third-order valence-corrected chi connectivity index (χ3v) is 15.2. The van der Waals surface area contributed by atoms with Crippen LogP contribution < -0.4 is 0 Å². The van der Waals surface area contributed by atoms with E-state index < -0.39 is 5.41 Å². The smallest absolute Gasteiger partial charge is 0.164 e. The molecule has 3 heterocycles. The van der Waals surface area contributed by atoms with E-state index in [1.807, 2.05) is 30.3 Å². The highest BCUT2D eigenvalue weighted by Gasteiger charge is 2.46. The second-order valence-electron chi connectivity index (χ2n) is 17.8. The Hall–Kier alpha value is -8.77. The summed E-state index contributed by atoms with van der Waals surface area (Å²) in [5, 5.41) is 4.34. The van der Waals surface area contributed by atoms with Crippen LogP contribution in [0.5, 0.6) is 0 Å². The quantitative estimate of drug-likeness (QED) is 0.160. The van der Waals surface area contributed by atoms with Crippen molar-refractivity contribution in [2.24, 2.45) is 0 Å². The average Bonchev–Trinajstić information content (AvgIpc) is 4.10. The molecule has 0 unspecified atom stereocenters. The van der Waals surface area contributed by atoms with Crippen LogP contribution in [0, 0.1) is 0 Å². The Morgan fingerprint density at radius 2 is 0.884 bits per heavy atom. The Balaban J connectivity index is 0.895. The Morgan fingerprint density at radius 1 is 0.333 bits per heavy atom. The SMILES string of the molecule is c1ccc(-c2nc(-c3cccc4oc5ccc(-c6ccc(-c7cccc8c7-c7ccccc7C8(c7ccccc7)c7ccccc7)cc6)cc5c34)nc(-c3cccc4sc5ccccc5c34)n2)cc1. The predicted octanol–water partition coefficient (Wildman–Crippen LogP) is 16.8. The molecule has 13 aromatic rings. The van der Waals surface area contributed by atoms with E-state index in [4.69, 9.17) is 19.4 Å². The zero-order valence-electron chi connectivity index (χ0n) is 37.2. The van der Waals surface area contributed by atoms with E-state index in [1.54, 1.807) is 11.3 Å². The summed E-state index contributed by atoms with van der Waals surface area (Å²) in [7, 11) is 0. The van der Waals surface area contributed by atoms with E-state index in [2.05, 4.69) is 206 Å². The number of rotatable bonds is 7. The van der Waals surface area contributed by atoms with Gasteiger partial charge >= 0.3 is 0 Å². The molecular formula is C64H39N3OS. The second-order valence-corrected chi connectivity index (χ2v) is 18.9. The molecule has 10 aromatic carbocycles. The van der Waals surface area contributed by atoms with Gasteiger partial charge in [0.05, 0.1) is 5.41 Å². The predicted molar refractivity (Wildman–Crippen MR) is 284 cm³/mol. The molecule has 0 N–H and O–H groups in total. The first-order chi connectivity index (χ1) is 34.2. The maximum atomic E-state index is 6.59. The van der Waals surface area contributed by atoms with Crippen molar-refractivity contribution in [2.75, 3.05) is 0 Å². The minimum absolute atomic E-state index is 0.453. The standard InChI is InChI=1S/C64H39N3OS/c1-4-17-42(18-5-1)61-65-62(67-63(66-61)50-27-16-32-57-60(50)48-24-11-13-31-56(48)69-57)49-26-15-30-55-59(49)51-39-43(37-38-54(51)68-55)40-33-35-41(36-34-40)46-25-14-29-53-58(46)47-23-10-12-28-52(47)64(53,44-19-6-2-7-20-44)45-21-8-3-9-22-45/h1-39H. The van der Waals surface area contributed by atoms with Crippen LogP contribution in [0.25, 0.3) is 110 Å². The summed E-state index contributed by atoms with van der Waals surface area (Å²) in [6.07, 6.45) is 0. The van der Waals surface area contributed by atoms with Crippen molar-refractivity contribution in [1.82, 2.24) is 15.0 Å². The summed E-state index contributed by atoms with van der Waals surface area (Å²) >= 11 is 1.79. The number of hydrogen-bond donors (Lipinski definition) is 0. The third-order valence-electron chi connectivity index (χ3n) is 14.1. The highest BCUT2D eigenvalue weighted by Crippen LogP contribution is 2.58. The first-order valence-electron chi connectivity index (χ1n) is 23.3. The van der Waals surface area contributed by atoms with Gasteiger partial charge in [-0.3, -0.25) is 0 Å². The van der Waals surface area contributed by atoms with Crippen molar-refractivity contribution in [1.29, 1.82) is 0 Å². The summed E-state index contributed by atoms with van der Waals surface area (Å²) in [4.78, 5) is 15.7. The molecule has 14 rings (SSSR count). The maximum absolute atomic E-state index is 6.59. The van der Waals surface area contributed by atoms with Crippen LogP contribution in [0.2, 0.25) is 0 Å². The number of hydrogen-bond acceptors (Lipinski definition) is 5. The van der Waals surface area contributed by atoms with Gasteiger partial charge in [-0.25, -0.2) is 15.0 Å². The summed E-state index contributed by atoms with van der Waals surface area (Å²) < 4.78 is 9.03. The van der Waals surface area contributed by atoms with Crippen LogP contribution in [0.1, 0.15) is 22.3 Å². The van der Waals surface area contributed by atoms with E-state index in [1.165, 1.54) is 59.3 Å². The number of thiophene rings is 1. The third kappa shape index (κ3) is 6.11. The molecule has 0 bridgehead atoms. The Labute approximate surface area is 402 Å². The van der Waals surface area contributed by atoms with Gasteiger partial charge in [0.2, 0.25) is 0 Å². The fourth-order valence-electron chi connectivity index (χ4n) is 11.1. The summed E-state index contributed by atoms with van der Waals surface area (Å²) in [5.74, 6) is 1.85. The monoisotopic (exact) mass is 897 g/mol. The van der Waals surface area contributed by atoms with Gasteiger partial charge < -0.3 is 4.42 Å². The second kappa shape index (κ2) is 15.7. The molecule has 0 saturated heterocycles. The van der Waals surface area contributed by atoms with Crippen molar-refractivity contribution in [2.45, 2.75) is 5.41 Å². The van der Waals surface area contributed by atoms with Crippen LogP contribution in [0.15, 0.2) is 241 Å². The lowest BCUT2D eigenvalue weighted by Gasteiger charge is -2.34. The lowest BCUT2D eigenvalue weighted by Crippen LogP contribution is -2.28. The van der Waals surface area contributed by atoms with Crippen molar-refractivity contribution in [3.05, 3.63) is 259 Å². The molecular weight excluding hydrogens is 859 g/mol. The van der Waals surface area contributed by atoms with Gasteiger partial charge in [-0.15, -0.1) is 11.3 Å². The molecule has 0 atom stereocenters. The van der Waals surface area contributed by atoms with E-state index in [9.17, 15) is 0 Å². The molecule has 1 aliphatic rings. The van der Waals surface area contributed by atoms with Crippen LogP contribution in [0.3, 0.4) is 0 Å². The molecule has 0 aliphatic heterocycles. The van der Waals surface area contributed by atoms with Gasteiger partial charge in [-0.05, 0) is 86.0 Å². The molecule has 3 aromatic heterocycles. The number of nitrogens with zero attached hydrogens (tertiary/aromatic N) is 3. The zero-order chi connectivity index (χ0) is 45.5. The van der Waals surface area contributed by atoms with E-state index in [-0.39, 0.29) is 0 Å². The van der Waals surface area contributed by atoms with Crippen LogP contribution >= 0.6 is 11.3 Å². The molecule has 0 radical (unpaired) electrons. The van der Waals surface area contributed by atoms with Crippen LogP contribution in [0.4, 0.5) is 0 Å². The van der Waals surface area contributed by atoms with Crippen molar-refractivity contribution in [3.8, 4) is 67.5 Å². The lowest BCUT2D eigenvalue weighted by atomic mass is 9.67. The molecule has 0 amide bonds. The van der Waals surface area contributed by atoms with E-state index in [0.717, 1.165) is 55.1 Å². The normalized spacial score (nSPS) is 12.8. The minimum atomic E-state index is -0.453. The molecule has 4 nitrogen and oxygen atoms in total. The Kier molecular flexibility index (Phi) is 8.95. The highest BCUT2D eigenvalue weighted by molar-refractivity contribution is 7.25. The van der Waals surface area contributed by atoms with Crippen molar-refractivity contribution < 1.29 is 4.42 Å². The lowest BCUT2D eigenvalue weighted by molar-refractivity contribution is 0.669. The molecule has 69 heavy (non-hydrogen) atoms. The highest BCUT2D eigenvalue weighted by atomic mass is 32.1. The van der Waals surface area contributed by atoms with E-state index >= 15 is 0 Å². The molecule has 0 fully saturated rings. The summed E-state index contributed by atoms with van der Waals surface area (Å²) in [5.41, 5.74) is 16.2. The molecule has 0 saturated carbocycles. The summed E-state index contributed by atoms with van der Waals surface area (Å²) in [6, 6.07) is 84.7. The minimum Gasteiger partial charge on any atom is -0.456 e. The number of furan rings is 1. The van der Waals surface area contributed by atoms with Gasteiger partial charge in [-0.2, -0.15) is 0 Å². The average molecular weight is 898 g/mol. The molecule has 5 heteroatoms. The van der Waals surface area contributed by atoms with Crippen molar-refractivity contribution >= 4 is 53.4 Å². The number of benzene rings is 10. The van der Waals surface area contributed by atoms with Gasteiger partial charge in [0, 0.05) is 47.6 Å². The van der Waals surface area contributed by atoms with E-state index in [0.29, 0.717) is 17.5 Å². The van der Waals surface area contributed by atoms with Gasteiger partial charge in [-0.1, -0.05) is 206 Å². The topological polar surface area (TPSA) is 51.8 Å². The number of fused-ring (bicyclic) bond motifs is 9. The largest absolute Gasteiger partial charge is 0.456 e. The number of aromatic nitrogens is 3. The fourth-order valence-corrected chi connectivity index (χ4v) is 12.2. The van der Waals surface area contributed by atoms with Crippen molar-refractivity contribution in [3.63, 3.8) is 0 Å².